The van der Waals surface area contributed by atoms with Gasteiger partial charge in [-0.05, 0) is 49.7 Å². The maximum Gasteiger partial charge on any atom is 0.337 e. The number of fused-ring (bicyclic) bond motifs is 1. The molecule has 164 valence electrons. The summed E-state index contributed by atoms with van der Waals surface area (Å²) >= 11 is 0. The van der Waals surface area contributed by atoms with Crippen molar-refractivity contribution in [2.75, 3.05) is 18.6 Å². The molecule has 0 saturated heterocycles. The standard InChI is InChI=1S/C25H25N3O4/c1-4-27(16-20-6-5-13-32-20)25-26-22-14-19(24(30)31-3)11-12-21(22)23(29)28(25)15-18-9-7-17(2)8-10-18/h5-14H,4,15-16H2,1-3H3. The van der Waals surface area contributed by atoms with E-state index in [1.807, 2.05) is 55.1 Å². The molecular weight excluding hydrogens is 406 g/mol. The van der Waals surface area contributed by atoms with Crippen LogP contribution < -0.4 is 10.5 Å². The largest absolute Gasteiger partial charge is 0.467 e. The zero-order chi connectivity index (χ0) is 22.7. The summed E-state index contributed by atoms with van der Waals surface area (Å²) < 4.78 is 12.0. The van der Waals surface area contributed by atoms with Crippen molar-refractivity contribution in [2.45, 2.75) is 26.9 Å². The van der Waals surface area contributed by atoms with E-state index in [9.17, 15) is 9.59 Å². The van der Waals surface area contributed by atoms with Gasteiger partial charge in [0.2, 0.25) is 5.95 Å². The number of benzene rings is 2. The molecule has 0 aliphatic carbocycles. The van der Waals surface area contributed by atoms with Crippen molar-refractivity contribution in [2.24, 2.45) is 0 Å². The van der Waals surface area contributed by atoms with Gasteiger partial charge in [0.1, 0.15) is 5.76 Å². The lowest BCUT2D eigenvalue weighted by Gasteiger charge is -2.25. The minimum atomic E-state index is -0.470. The van der Waals surface area contributed by atoms with E-state index in [0.717, 1.165) is 16.9 Å². The summed E-state index contributed by atoms with van der Waals surface area (Å²) in [6.07, 6.45) is 1.62. The Labute approximate surface area is 185 Å². The molecule has 0 aliphatic heterocycles. The summed E-state index contributed by atoms with van der Waals surface area (Å²) in [5, 5.41) is 0.447. The lowest BCUT2D eigenvalue weighted by molar-refractivity contribution is 0.0601. The van der Waals surface area contributed by atoms with Crippen LogP contribution in [-0.4, -0.2) is 29.2 Å². The topological polar surface area (TPSA) is 77.6 Å². The van der Waals surface area contributed by atoms with Gasteiger partial charge in [-0.2, -0.15) is 0 Å². The Kier molecular flexibility index (Phi) is 6.07. The number of ether oxygens (including phenoxy) is 1. The van der Waals surface area contributed by atoms with E-state index in [1.165, 1.54) is 7.11 Å². The number of carbonyl (C=O) groups excluding carboxylic acids is 1. The predicted octanol–water partition coefficient (Wildman–Crippen LogP) is 4.16. The Morgan fingerprint density at radius 1 is 1.16 bits per heavy atom. The second kappa shape index (κ2) is 9.09. The summed E-state index contributed by atoms with van der Waals surface area (Å²) in [4.78, 5) is 32.4. The number of furan rings is 1. The number of rotatable bonds is 7. The van der Waals surface area contributed by atoms with Crippen LogP contribution in [0.1, 0.15) is 34.2 Å². The van der Waals surface area contributed by atoms with Crippen molar-refractivity contribution in [3.8, 4) is 0 Å². The van der Waals surface area contributed by atoms with Gasteiger partial charge < -0.3 is 14.1 Å². The van der Waals surface area contributed by atoms with Crippen molar-refractivity contribution < 1.29 is 13.9 Å². The Hall–Kier alpha value is -3.87. The number of aryl methyl sites for hydroxylation is 1. The molecule has 0 bridgehead atoms. The third-order valence-electron chi connectivity index (χ3n) is 5.41. The lowest BCUT2D eigenvalue weighted by Crippen LogP contribution is -2.33. The molecule has 0 amide bonds. The summed E-state index contributed by atoms with van der Waals surface area (Å²) in [7, 11) is 1.33. The molecule has 2 heterocycles. The first-order valence-corrected chi connectivity index (χ1v) is 10.5. The van der Waals surface area contributed by atoms with Gasteiger partial charge in [-0.1, -0.05) is 29.8 Å². The maximum atomic E-state index is 13.6. The quantitative estimate of drug-likeness (QED) is 0.409. The number of methoxy groups -OCH3 is 1. The first-order chi connectivity index (χ1) is 15.5. The summed E-state index contributed by atoms with van der Waals surface area (Å²) in [5.74, 6) is 0.817. The number of anilines is 1. The zero-order valence-electron chi connectivity index (χ0n) is 18.4. The van der Waals surface area contributed by atoms with E-state index in [1.54, 1.807) is 29.0 Å². The average molecular weight is 431 g/mol. The van der Waals surface area contributed by atoms with Crippen molar-refractivity contribution in [1.82, 2.24) is 9.55 Å². The average Bonchev–Trinajstić information content (AvgIpc) is 3.33. The number of hydrogen-bond donors (Lipinski definition) is 0. The molecule has 0 saturated carbocycles. The van der Waals surface area contributed by atoms with Crippen molar-refractivity contribution in [3.05, 3.63) is 93.7 Å². The second-order valence-electron chi connectivity index (χ2n) is 7.61. The summed E-state index contributed by atoms with van der Waals surface area (Å²) in [5.41, 5.74) is 2.79. The SMILES string of the molecule is CCN(Cc1ccco1)c1nc2cc(C(=O)OC)ccc2c(=O)n1Cc1ccc(C)cc1. The predicted molar refractivity (Wildman–Crippen MR) is 123 cm³/mol. The third-order valence-corrected chi connectivity index (χ3v) is 5.41. The van der Waals surface area contributed by atoms with Gasteiger partial charge >= 0.3 is 5.97 Å². The fraction of sp³-hybridized carbons (Fsp3) is 0.240. The first kappa shape index (κ1) is 21.4. The Morgan fingerprint density at radius 2 is 1.94 bits per heavy atom. The van der Waals surface area contributed by atoms with Gasteiger partial charge in [-0.25, -0.2) is 9.78 Å². The zero-order valence-corrected chi connectivity index (χ0v) is 18.4. The van der Waals surface area contributed by atoms with Crippen LogP contribution >= 0.6 is 0 Å². The molecule has 2 aromatic carbocycles. The van der Waals surface area contributed by atoms with E-state index in [-0.39, 0.29) is 5.56 Å². The lowest BCUT2D eigenvalue weighted by atomic mass is 10.1. The fourth-order valence-corrected chi connectivity index (χ4v) is 3.63. The fourth-order valence-electron chi connectivity index (χ4n) is 3.63. The van der Waals surface area contributed by atoms with Gasteiger partial charge in [0.25, 0.3) is 5.56 Å². The number of aromatic nitrogens is 2. The second-order valence-corrected chi connectivity index (χ2v) is 7.61. The Bertz CT molecular complexity index is 1290. The van der Waals surface area contributed by atoms with Crippen LogP contribution in [0, 0.1) is 6.92 Å². The van der Waals surface area contributed by atoms with Crippen molar-refractivity contribution in [3.63, 3.8) is 0 Å². The van der Waals surface area contributed by atoms with Crippen LogP contribution in [0.3, 0.4) is 0 Å². The van der Waals surface area contributed by atoms with Crippen LogP contribution in [0.25, 0.3) is 10.9 Å². The maximum absolute atomic E-state index is 13.6. The van der Waals surface area contributed by atoms with Crippen molar-refractivity contribution in [1.29, 1.82) is 0 Å². The van der Waals surface area contributed by atoms with E-state index < -0.39 is 5.97 Å². The molecule has 0 spiro atoms. The van der Waals surface area contributed by atoms with Gasteiger partial charge in [0.05, 0.1) is 42.9 Å². The first-order valence-electron chi connectivity index (χ1n) is 10.5. The Balaban J connectivity index is 1.88. The molecule has 0 fully saturated rings. The molecular formula is C25H25N3O4. The van der Waals surface area contributed by atoms with Crippen LogP contribution in [0.4, 0.5) is 5.95 Å². The summed E-state index contributed by atoms with van der Waals surface area (Å²) in [6, 6.07) is 16.6. The van der Waals surface area contributed by atoms with Crippen LogP contribution in [0.5, 0.6) is 0 Å². The highest BCUT2D eigenvalue weighted by atomic mass is 16.5. The molecule has 0 aliphatic rings. The number of carbonyl (C=O) groups is 1. The van der Waals surface area contributed by atoms with Gasteiger partial charge in [0, 0.05) is 6.54 Å². The number of nitrogens with zero attached hydrogens (tertiary/aromatic N) is 3. The molecule has 2 aromatic heterocycles. The highest BCUT2D eigenvalue weighted by Gasteiger charge is 2.19. The summed E-state index contributed by atoms with van der Waals surface area (Å²) in [6.45, 7) is 5.49. The molecule has 0 radical (unpaired) electrons. The highest BCUT2D eigenvalue weighted by molar-refractivity contribution is 5.94. The minimum absolute atomic E-state index is 0.167. The molecule has 7 nitrogen and oxygen atoms in total. The van der Waals surface area contributed by atoms with Gasteiger partial charge in [-0.15, -0.1) is 0 Å². The van der Waals surface area contributed by atoms with Crippen LogP contribution in [0.15, 0.2) is 70.1 Å². The molecule has 0 unspecified atom stereocenters. The van der Waals surface area contributed by atoms with E-state index >= 15 is 0 Å². The molecule has 4 aromatic rings. The highest BCUT2D eigenvalue weighted by Crippen LogP contribution is 2.20. The molecule has 32 heavy (non-hydrogen) atoms. The Morgan fingerprint density at radius 3 is 2.59 bits per heavy atom. The van der Waals surface area contributed by atoms with E-state index in [4.69, 9.17) is 14.1 Å². The number of hydrogen-bond acceptors (Lipinski definition) is 6. The number of esters is 1. The third kappa shape index (κ3) is 4.27. The van der Waals surface area contributed by atoms with E-state index in [0.29, 0.717) is 42.0 Å². The van der Waals surface area contributed by atoms with Crippen molar-refractivity contribution >= 4 is 22.8 Å². The van der Waals surface area contributed by atoms with Crippen LogP contribution in [-0.2, 0) is 17.8 Å². The smallest absolute Gasteiger partial charge is 0.337 e. The normalized spacial score (nSPS) is 11.0. The van der Waals surface area contributed by atoms with Crippen LogP contribution in [0.2, 0.25) is 0 Å². The van der Waals surface area contributed by atoms with E-state index in [2.05, 4.69) is 0 Å². The molecule has 0 atom stereocenters. The van der Waals surface area contributed by atoms with Gasteiger partial charge in [-0.3, -0.25) is 9.36 Å². The monoisotopic (exact) mass is 431 g/mol. The molecule has 4 rings (SSSR count). The minimum Gasteiger partial charge on any atom is -0.467 e. The van der Waals surface area contributed by atoms with Gasteiger partial charge in [0.15, 0.2) is 0 Å². The molecule has 7 heteroatoms. The molecule has 0 N–H and O–H groups in total.